The number of amides is 3. The van der Waals surface area contributed by atoms with Crippen molar-refractivity contribution in [3.05, 3.63) is 86.5 Å². The minimum absolute atomic E-state index is 0.0391. The number of hydrogen-bond acceptors (Lipinski definition) is 8. The molecule has 3 fully saturated rings. The summed E-state index contributed by atoms with van der Waals surface area (Å²) in [7, 11) is 3.62. The van der Waals surface area contributed by atoms with Crippen molar-refractivity contribution in [1.29, 1.82) is 0 Å². The second kappa shape index (κ2) is 13.8. The summed E-state index contributed by atoms with van der Waals surface area (Å²) in [6, 6.07) is 12.4. The Labute approximate surface area is 277 Å². The SMILES string of the molecule is CN1CC(Nc2cnn(C)c(=O)c2Cl)CC(c2ccc(C(=O)N3CCC(Oc4ccc(C5CCC(=O)NC5=O)c(F)c4)CC3)cc2)C1. The average molecular weight is 665 g/mol. The standard InChI is InChI=1S/C34H38ClFN6O5/c1-40-18-22(15-23(19-40)38-29-17-37-41(2)34(46)31(29)35)20-3-5-21(6-4-20)33(45)42-13-11-24(12-14-42)47-25-7-8-26(28(36)16-25)27-9-10-30(43)39-32(27)44/h3-8,16-17,22-24,27,38H,9-15,18-19H2,1-2H3,(H,39,43,44). The summed E-state index contributed by atoms with van der Waals surface area (Å²) in [5.41, 5.74) is 2.19. The molecule has 3 atom stereocenters. The fourth-order valence-electron chi connectivity index (χ4n) is 6.80. The van der Waals surface area contributed by atoms with Crippen molar-refractivity contribution < 1.29 is 23.5 Å². The molecule has 3 saturated heterocycles. The van der Waals surface area contributed by atoms with Gasteiger partial charge in [0.25, 0.3) is 11.5 Å². The summed E-state index contributed by atoms with van der Waals surface area (Å²) in [5, 5.41) is 9.87. The van der Waals surface area contributed by atoms with E-state index >= 15 is 0 Å². The van der Waals surface area contributed by atoms with E-state index in [1.165, 1.54) is 10.7 Å². The molecule has 47 heavy (non-hydrogen) atoms. The molecule has 3 aliphatic heterocycles. The van der Waals surface area contributed by atoms with E-state index in [2.05, 4.69) is 27.7 Å². The molecule has 0 bridgehead atoms. The topological polar surface area (TPSA) is 126 Å². The Morgan fingerprint density at radius 2 is 1.79 bits per heavy atom. The molecule has 0 radical (unpaired) electrons. The molecule has 3 amide bonds. The smallest absolute Gasteiger partial charge is 0.287 e. The highest BCUT2D eigenvalue weighted by Crippen LogP contribution is 2.32. The van der Waals surface area contributed by atoms with E-state index in [-0.39, 0.29) is 58.9 Å². The number of aromatic nitrogens is 2. The third-order valence-corrected chi connectivity index (χ3v) is 9.68. The molecule has 4 heterocycles. The van der Waals surface area contributed by atoms with Crippen molar-refractivity contribution >= 4 is 35.0 Å². The van der Waals surface area contributed by atoms with E-state index in [4.69, 9.17) is 16.3 Å². The number of imide groups is 1. The van der Waals surface area contributed by atoms with E-state index < -0.39 is 17.6 Å². The first-order chi connectivity index (χ1) is 22.5. The van der Waals surface area contributed by atoms with Crippen LogP contribution in [0.5, 0.6) is 5.75 Å². The van der Waals surface area contributed by atoms with Crippen molar-refractivity contribution in [2.24, 2.45) is 7.05 Å². The number of likely N-dealkylation sites (tertiary alicyclic amines) is 2. The number of anilines is 1. The van der Waals surface area contributed by atoms with E-state index in [1.807, 2.05) is 29.2 Å². The highest BCUT2D eigenvalue weighted by atomic mass is 35.5. The van der Waals surface area contributed by atoms with Gasteiger partial charge >= 0.3 is 0 Å². The van der Waals surface area contributed by atoms with Gasteiger partial charge in [-0.3, -0.25) is 24.5 Å². The summed E-state index contributed by atoms with van der Waals surface area (Å²) in [4.78, 5) is 53.2. The lowest BCUT2D eigenvalue weighted by molar-refractivity contribution is -0.134. The summed E-state index contributed by atoms with van der Waals surface area (Å²) >= 11 is 6.28. The molecule has 2 aromatic carbocycles. The number of benzene rings is 2. The molecule has 6 rings (SSSR count). The number of aryl methyl sites for hydroxylation is 1. The predicted octanol–water partition coefficient (Wildman–Crippen LogP) is 3.68. The number of hydrogen-bond donors (Lipinski definition) is 2. The number of halogens is 2. The first-order valence-corrected chi connectivity index (χ1v) is 16.3. The van der Waals surface area contributed by atoms with Gasteiger partial charge in [-0.2, -0.15) is 5.10 Å². The quantitative estimate of drug-likeness (QED) is 0.367. The van der Waals surface area contributed by atoms with Gasteiger partial charge in [-0.05, 0) is 49.6 Å². The fourth-order valence-corrected chi connectivity index (χ4v) is 7.03. The Morgan fingerprint density at radius 3 is 2.49 bits per heavy atom. The Kier molecular flexibility index (Phi) is 9.60. The van der Waals surface area contributed by atoms with Gasteiger partial charge in [0, 0.05) is 75.7 Å². The van der Waals surface area contributed by atoms with Crippen LogP contribution in [0.4, 0.5) is 10.1 Å². The highest BCUT2D eigenvalue weighted by Gasteiger charge is 2.31. The fraction of sp³-hybridized carbons (Fsp3) is 0.441. The Morgan fingerprint density at radius 1 is 1.04 bits per heavy atom. The van der Waals surface area contributed by atoms with E-state index in [0.717, 1.165) is 25.1 Å². The van der Waals surface area contributed by atoms with Gasteiger partial charge in [0.1, 0.15) is 22.7 Å². The van der Waals surface area contributed by atoms with Crippen LogP contribution in [-0.4, -0.2) is 82.7 Å². The maximum absolute atomic E-state index is 14.9. The number of carbonyl (C=O) groups is 3. The molecule has 11 nitrogen and oxygen atoms in total. The van der Waals surface area contributed by atoms with E-state index in [1.54, 1.807) is 25.4 Å². The Hall–Kier alpha value is -4.29. The zero-order chi connectivity index (χ0) is 33.2. The summed E-state index contributed by atoms with van der Waals surface area (Å²) in [5.74, 6) is -1.49. The van der Waals surface area contributed by atoms with Crippen LogP contribution < -0.4 is 20.9 Å². The van der Waals surface area contributed by atoms with Gasteiger partial charge in [-0.1, -0.05) is 29.8 Å². The third-order valence-electron chi connectivity index (χ3n) is 9.32. The lowest BCUT2D eigenvalue weighted by atomic mass is 9.87. The molecular formula is C34H38ClFN6O5. The van der Waals surface area contributed by atoms with E-state index in [9.17, 15) is 23.6 Å². The second-order valence-corrected chi connectivity index (χ2v) is 13.1. The van der Waals surface area contributed by atoms with Crippen LogP contribution in [0.3, 0.4) is 0 Å². The number of rotatable bonds is 7. The predicted molar refractivity (Wildman–Crippen MR) is 174 cm³/mol. The molecule has 3 unspecified atom stereocenters. The normalized spacial score (nSPS) is 22.6. The van der Waals surface area contributed by atoms with Gasteiger partial charge < -0.3 is 19.9 Å². The van der Waals surface area contributed by atoms with Crippen LogP contribution in [0, 0.1) is 5.82 Å². The largest absolute Gasteiger partial charge is 0.490 e. The summed E-state index contributed by atoms with van der Waals surface area (Å²) < 4.78 is 22.2. The summed E-state index contributed by atoms with van der Waals surface area (Å²) in [6.07, 6.45) is 3.91. The van der Waals surface area contributed by atoms with Gasteiger partial charge in [0.15, 0.2) is 0 Å². The van der Waals surface area contributed by atoms with Gasteiger partial charge in [0.2, 0.25) is 11.8 Å². The first kappa shape index (κ1) is 32.6. The first-order valence-electron chi connectivity index (χ1n) is 15.9. The number of nitrogens with zero attached hydrogens (tertiary/aromatic N) is 4. The molecule has 0 spiro atoms. The highest BCUT2D eigenvalue weighted by molar-refractivity contribution is 6.32. The van der Waals surface area contributed by atoms with Crippen molar-refractivity contribution in [3.63, 3.8) is 0 Å². The molecule has 1 aromatic heterocycles. The molecule has 0 aliphatic carbocycles. The number of likely N-dealkylation sites (N-methyl/N-ethyl adjacent to an activating group) is 1. The lowest BCUT2D eigenvalue weighted by Crippen LogP contribution is -2.43. The third kappa shape index (κ3) is 7.33. The maximum atomic E-state index is 14.9. The molecule has 0 saturated carbocycles. The van der Waals surface area contributed by atoms with Crippen molar-refractivity contribution in [2.45, 2.75) is 56.1 Å². The summed E-state index contributed by atoms with van der Waals surface area (Å²) in [6.45, 7) is 2.69. The molecular weight excluding hydrogens is 627 g/mol. The number of carbonyl (C=O) groups excluding carboxylic acids is 3. The monoisotopic (exact) mass is 664 g/mol. The van der Waals surface area contributed by atoms with Crippen LogP contribution in [0.25, 0.3) is 0 Å². The maximum Gasteiger partial charge on any atom is 0.287 e. The van der Waals surface area contributed by atoms with Gasteiger partial charge in [-0.15, -0.1) is 0 Å². The van der Waals surface area contributed by atoms with Crippen molar-refractivity contribution in [3.8, 4) is 5.75 Å². The van der Waals surface area contributed by atoms with Crippen LogP contribution in [0.2, 0.25) is 5.02 Å². The average Bonchev–Trinajstić information content (AvgIpc) is 3.05. The Balaban J connectivity index is 1.01. The van der Waals surface area contributed by atoms with Gasteiger partial charge in [0.05, 0.1) is 17.8 Å². The Bertz CT molecular complexity index is 1720. The van der Waals surface area contributed by atoms with E-state index in [0.29, 0.717) is 42.9 Å². The van der Waals surface area contributed by atoms with Crippen LogP contribution >= 0.6 is 11.6 Å². The number of piperidine rings is 3. The number of nitrogens with one attached hydrogen (secondary N) is 2. The van der Waals surface area contributed by atoms with Crippen LogP contribution in [-0.2, 0) is 16.6 Å². The second-order valence-electron chi connectivity index (χ2n) is 12.7. The molecule has 3 aliphatic rings. The molecule has 3 aromatic rings. The van der Waals surface area contributed by atoms with Crippen molar-refractivity contribution in [2.75, 3.05) is 38.5 Å². The molecule has 13 heteroatoms. The lowest BCUT2D eigenvalue weighted by Gasteiger charge is -2.37. The minimum atomic E-state index is -0.696. The zero-order valence-electron chi connectivity index (χ0n) is 26.4. The number of ether oxygens (including phenoxy) is 1. The zero-order valence-corrected chi connectivity index (χ0v) is 27.1. The van der Waals surface area contributed by atoms with Crippen LogP contribution in [0.1, 0.15) is 65.4 Å². The van der Waals surface area contributed by atoms with Gasteiger partial charge in [-0.25, -0.2) is 9.07 Å². The minimum Gasteiger partial charge on any atom is -0.490 e. The molecule has 2 N–H and O–H groups in total. The molecule has 248 valence electrons. The van der Waals surface area contributed by atoms with Crippen LogP contribution in [0.15, 0.2) is 53.5 Å². The van der Waals surface area contributed by atoms with Crippen molar-refractivity contribution in [1.82, 2.24) is 24.9 Å².